The lowest BCUT2D eigenvalue weighted by atomic mass is 9.85. The minimum Gasteiger partial charge on any atom is -0.444 e. The van der Waals surface area contributed by atoms with Crippen LogP contribution in [0.25, 0.3) is 0 Å². The van der Waals surface area contributed by atoms with E-state index >= 15 is 0 Å². The molecule has 2 fully saturated rings. The van der Waals surface area contributed by atoms with Crippen molar-refractivity contribution in [2.75, 3.05) is 0 Å². The Morgan fingerprint density at radius 2 is 2.36 bits per heavy atom. The molecule has 3 heteroatoms. The summed E-state index contributed by atoms with van der Waals surface area (Å²) in [6.45, 7) is 2.22. The summed E-state index contributed by atoms with van der Waals surface area (Å²) < 4.78 is 5.06. The quantitative estimate of drug-likeness (QED) is 0.572. The van der Waals surface area contributed by atoms with Crippen molar-refractivity contribution in [1.29, 1.82) is 0 Å². The van der Waals surface area contributed by atoms with E-state index in [0.29, 0.717) is 6.04 Å². The van der Waals surface area contributed by atoms with Crippen molar-refractivity contribution in [1.82, 2.24) is 5.32 Å². The van der Waals surface area contributed by atoms with E-state index in [1.54, 1.807) is 0 Å². The second-order valence-corrected chi connectivity index (χ2v) is 3.61. The molecule has 3 unspecified atom stereocenters. The highest BCUT2D eigenvalue weighted by atomic mass is 16.6. The van der Waals surface area contributed by atoms with Crippen molar-refractivity contribution < 1.29 is 9.53 Å². The van der Waals surface area contributed by atoms with Crippen LogP contribution in [-0.4, -0.2) is 18.2 Å². The van der Waals surface area contributed by atoms with Gasteiger partial charge in [-0.3, -0.25) is 0 Å². The van der Waals surface area contributed by atoms with Crippen molar-refractivity contribution in [3.8, 4) is 0 Å². The van der Waals surface area contributed by atoms with Crippen LogP contribution in [0.2, 0.25) is 0 Å². The maximum absolute atomic E-state index is 10.8. The number of nitrogens with one attached hydrogen (secondary N) is 1. The molecule has 2 rings (SSSR count). The van der Waals surface area contributed by atoms with Crippen LogP contribution in [0.5, 0.6) is 0 Å². The Kier molecular flexibility index (Phi) is 1.51. The zero-order valence-corrected chi connectivity index (χ0v) is 6.67. The number of carbonyl (C=O) groups excluding carboxylic acids is 1. The van der Waals surface area contributed by atoms with Gasteiger partial charge >= 0.3 is 6.09 Å². The van der Waals surface area contributed by atoms with Crippen LogP contribution in [0.15, 0.2) is 0 Å². The molecule has 62 valence electrons. The summed E-state index contributed by atoms with van der Waals surface area (Å²) in [5.41, 5.74) is 0. The predicted molar refractivity (Wildman–Crippen MR) is 40.2 cm³/mol. The van der Waals surface area contributed by atoms with E-state index < -0.39 is 0 Å². The van der Waals surface area contributed by atoms with Crippen LogP contribution < -0.4 is 5.32 Å². The number of hydrogen-bond donors (Lipinski definition) is 1. The molecule has 1 heterocycles. The molecule has 1 aliphatic heterocycles. The number of carbonyl (C=O) groups is 1. The topological polar surface area (TPSA) is 38.3 Å². The standard InChI is InChI=1S/C8H13NO2/c1-5-2-3-7-6(4-5)9-8(10)11-7/h5-7H,2-4H2,1H3,(H,9,10). The smallest absolute Gasteiger partial charge is 0.407 e. The van der Waals surface area contributed by atoms with Gasteiger partial charge in [0.1, 0.15) is 6.10 Å². The van der Waals surface area contributed by atoms with Gasteiger partial charge in [0, 0.05) is 0 Å². The second kappa shape index (κ2) is 2.40. The summed E-state index contributed by atoms with van der Waals surface area (Å²) >= 11 is 0. The number of alkyl carbamates (subject to hydrolysis) is 1. The molecule has 11 heavy (non-hydrogen) atoms. The molecule has 1 amide bonds. The zero-order chi connectivity index (χ0) is 7.84. The fourth-order valence-electron chi connectivity index (χ4n) is 1.97. The van der Waals surface area contributed by atoms with Gasteiger partial charge in [0.15, 0.2) is 0 Å². The van der Waals surface area contributed by atoms with E-state index in [4.69, 9.17) is 4.74 Å². The molecular formula is C8H13NO2. The second-order valence-electron chi connectivity index (χ2n) is 3.61. The molecule has 1 aliphatic carbocycles. The Balaban J connectivity index is 2.02. The number of fused-ring (bicyclic) bond motifs is 1. The zero-order valence-electron chi connectivity index (χ0n) is 6.67. The van der Waals surface area contributed by atoms with Gasteiger partial charge in [-0.25, -0.2) is 4.79 Å². The molecule has 2 aliphatic rings. The number of amides is 1. The summed E-state index contributed by atoms with van der Waals surface area (Å²) in [6.07, 6.45) is 3.24. The van der Waals surface area contributed by atoms with Crippen LogP contribution in [0.1, 0.15) is 26.2 Å². The van der Waals surface area contributed by atoms with Gasteiger partial charge < -0.3 is 10.1 Å². The number of ether oxygens (including phenoxy) is 1. The summed E-state index contributed by atoms with van der Waals surface area (Å²) in [5, 5.41) is 2.83. The van der Waals surface area contributed by atoms with E-state index in [9.17, 15) is 4.79 Å². The molecule has 3 atom stereocenters. The van der Waals surface area contributed by atoms with Crippen LogP contribution in [-0.2, 0) is 4.74 Å². The average Bonchev–Trinajstić information content (AvgIpc) is 2.27. The normalized spacial score (nSPS) is 42.6. The molecule has 0 spiro atoms. The van der Waals surface area contributed by atoms with Gasteiger partial charge in [0.2, 0.25) is 0 Å². The Morgan fingerprint density at radius 3 is 3.18 bits per heavy atom. The van der Waals surface area contributed by atoms with E-state index in [0.717, 1.165) is 18.8 Å². The van der Waals surface area contributed by atoms with Gasteiger partial charge in [0.05, 0.1) is 6.04 Å². The van der Waals surface area contributed by atoms with Crippen molar-refractivity contribution in [2.24, 2.45) is 5.92 Å². The highest BCUT2D eigenvalue weighted by molar-refractivity contribution is 5.70. The molecule has 1 N–H and O–H groups in total. The Hall–Kier alpha value is -0.730. The van der Waals surface area contributed by atoms with Gasteiger partial charge in [-0.15, -0.1) is 0 Å². The first-order valence-corrected chi connectivity index (χ1v) is 4.23. The maximum atomic E-state index is 10.8. The van der Waals surface area contributed by atoms with Crippen molar-refractivity contribution in [2.45, 2.75) is 38.3 Å². The minimum atomic E-state index is -0.228. The number of rotatable bonds is 0. The van der Waals surface area contributed by atoms with Gasteiger partial charge in [-0.05, 0) is 25.2 Å². The van der Waals surface area contributed by atoms with Gasteiger partial charge in [0.25, 0.3) is 0 Å². The molecule has 3 nitrogen and oxygen atoms in total. The molecule has 0 radical (unpaired) electrons. The molecule has 0 aromatic carbocycles. The Bertz CT molecular complexity index is 181. The lowest BCUT2D eigenvalue weighted by molar-refractivity contribution is 0.103. The third-order valence-corrected chi connectivity index (χ3v) is 2.61. The van der Waals surface area contributed by atoms with E-state index in [1.807, 2.05) is 0 Å². The SMILES string of the molecule is CC1CCC2OC(=O)NC2C1. The van der Waals surface area contributed by atoms with Crippen LogP contribution in [0.3, 0.4) is 0 Å². The van der Waals surface area contributed by atoms with E-state index in [1.165, 1.54) is 6.42 Å². The molecule has 0 aromatic rings. The highest BCUT2D eigenvalue weighted by Gasteiger charge is 2.37. The molecular weight excluding hydrogens is 142 g/mol. The van der Waals surface area contributed by atoms with Gasteiger partial charge in [-0.2, -0.15) is 0 Å². The summed E-state index contributed by atoms with van der Waals surface area (Å²) in [7, 11) is 0. The molecule has 0 bridgehead atoms. The highest BCUT2D eigenvalue weighted by Crippen LogP contribution is 2.29. The first kappa shape index (κ1) is 6.95. The molecule has 0 aromatic heterocycles. The summed E-state index contributed by atoms with van der Waals surface area (Å²) in [5.74, 6) is 0.734. The summed E-state index contributed by atoms with van der Waals surface area (Å²) in [6, 6.07) is 0.297. The fraction of sp³-hybridized carbons (Fsp3) is 0.875. The number of hydrogen-bond acceptors (Lipinski definition) is 2. The average molecular weight is 155 g/mol. The van der Waals surface area contributed by atoms with Gasteiger partial charge in [-0.1, -0.05) is 6.92 Å². The third-order valence-electron chi connectivity index (χ3n) is 2.61. The van der Waals surface area contributed by atoms with Crippen molar-refractivity contribution in [3.05, 3.63) is 0 Å². The first-order valence-electron chi connectivity index (χ1n) is 4.23. The lowest BCUT2D eigenvalue weighted by Crippen LogP contribution is -2.36. The first-order chi connectivity index (χ1) is 5.25. The van der Waals surface area contributed by atoms with Crippen LogP contribution >= 0.6 is 0 Å². The van der Waals surface area contributed by atoms with E-state index in [-0.39, 0.29) is 12.2 Å². The maximum Gasteiger partial charge on any atom is 0.407 e. The monoisotopic (exact) mass is 155 g/mol. The van der Waals surface area contributed by atoms with Crippen molar-refractivity contribution >= 4 is 6.09 Å². The minimum absolute atomic E-state index is 0.165. The lowest BCUT2D eigenvalue weighted by Gasteiger charge is -2.26. The van der Waals surface area contributed by atoms with Crippen LogP contribution in [0, 0.1) is 5.92 Å². The summed E-state index contributed by atoms with van der Waals surface area (Å²) in [4.78, 5) is 10.8. The molecule has 1 saturated carbocycles. The molecule has 1 saturated heterocycles. The fourth-order valence-corrected chi connectivity index (χ4v) is 1.97. The largest absolute Gasteiger partial charge is 0.444 e. The van der Waals surface area contributed by atoms with Crippen molar-refractivity contribution in [3.63, 3.8) is 0 Å². The van der Waals surface area contributed by atoms with E-state index in [2.05, 4.69) is 12.2 Å². The predicted octanol–water partition coefficient (Wildman–Crippen LogP) is 1.28. The Morgan fingerprint density at radius 1 is 1.55 bits per heavy atom. The van der Waals surface area contributed by atoms with Crippen LogP contribution in [0.4, 0.5) is 4.79 Å². The third kappa shape index (κ3) is 1.19. The Labute approximate surface area is 66.1 Å².